The SMILES string of the molecule is CCN(C(=O)C(C)NC(=O)OC(C)(C)C)C(C(=O)Nc1c(C)cccc1Cl)c1ccc(O)cc1. The van der Waals surface area contributed by atoms with Crippen LogP contribution in [0.5, 0.6) is 5.75 Å². The van der Waals surface area contributed by atoms with E-state index in [-0.39, 0.29) is 12.3 Å². The fourth-order valence-corrected chi connectivity index (χ4v) is 3.64. The number of phenols is 1. The number of likely N-dealkylation sites (N-methyl/N-ethyl adjacent to an activating group) is 1. The zero-order valence-corrected chi connectivity index (χ0v) is 21.1. The van der Waals surface area contributed by atoms with Gasteiger partial charge in [0.1, 0.15) is 23.4 Å². The lowest BCUT2D eigenvalue weighted by Gasteiger charge is -2.33. The first kappa shape index (κ1) is 27.0. The smallest absolute Gasteiger partial charge is 0.408 e. The molecule has 3 N–H and O–H groups in total. The van der Waals surface area contributed by atoms with E-state index >= 15 is 0 Å². The van der Waals surface area contributed by atoms with Gasteiger partial charge in [-0.05, 0) is 70.9 Å². The molecule has 2 rings (SSSR count). The van der Waals surface area contributed by atoms with Gasteiger partial charge < -0.3 is 25.4 Å². The maximum Gasteiger partial charge on any atom is 0.408 e. The van der Waals surface area contributed by atoms with E-state index in [2.05, 4.69) is 10.6 Å². The number of rotatable bonds is 7. The third kappa shape index (κ3) is 7.12. The first-order valence-corrected chi connectivity index (χ1v) is 11.4. The van der Waals surface area contributed by atoms with Crippen molar-refractivity contribution in [1.29, 1.82) is 0 Å². The summed E-state index contributed by atoms with van der Waals surface area (Å²) in [7, 11) is 0. The summed E-state index contributed by atoms with van der Waals surface area (Å²) in [5.74, 6) is -0.932. The number of anilines is 1. The number of hydrogen-bond donors (Lipinski definition) is 3. The van der Waals surface area contributed by atoms with Gasteiger partial charge in [-0.1, -0.05) is 35.9 Å². The lowest BCUT2D eigenvalue weighted by Crippen LogP contribution is -2.51. The van der Waals surface area contributed by atoms with Crippen LogP contribution in [0.1, 0.15) is 51.8 Å². The Labute approximate surface area is 205 Å². The normalized spacial score (nSPS) is 12.9. The summed E-state index contributed by atoms with van der Waals surface area (Å²) in [6, 6.07) is 9.27. The highest BCUT2D eigenvalue weighted by atomic mass is 35.5. The summed E-state index contributed by atoms with van der Waals surface area (Å²) in [6.45, 7) is 10.4. The Morgan fingerprint density at radius 2 is 1.74 bits per heavy atom. The average molecular weight is 490 g/mol. The van der Waals surface area contributed by atoms with Gasteiger partial charge in [-0.25, -0.2) is 4.79 Å². The Morgan fingerprint density at radius 3 is 2.26 bits per heavy atom. The minimum Gasteiger partial charge on any atom is -0.508 e. The van der Waals surface area contributed by atoms with Crippen LogP contribution >= 0.6 is 11.6 Å². The van der Waals surface area contributed by atoms with Crippen molar-refractivity contribution in [2.24, 2.45) is 0 Å². The van der Waals surface area contributed by atoms with Crippen LogP contribution in [0.25, 0.3) is 0 Å². The molecule has 3 amide bonds. The Hall–Kier alpha value is -3.26. The number of ether oxygens (including phenoxy) is 1. The van der Waals surface area contributed by atoms with Gasteiger partial charge in [0.25, 0.3) is 5.91 Å². The van der Waals surface area contributed by atoms with Gasteiger partial charge in [-0.2, -0.15) is 0 Å². The molecule has 184 valence electrons. The van der Waals surface area contributed by atoms with Gasteiger partial charge in [-0.3, -0.25) is 9.59 Å². The largest absolute Gasteiger partial charge is 0.508 e. The van der Waals surface area contributed by atoms with E-state index in [1.54, 1.807) is 52.0 Å². The zero-order valence-electron chi connectivity index (χ0n) is 20.3. The van der Waals surface area contributed by atoms with E-state index in [1.807, 2.05) is 13.0 Å². The molecule has 0 heterocycles. The third-order valence-electron chi connectivity index (χ3n) is 4.97. The number of alkyl carbamates (subject to hydrolysis) is 1. The third-order valence-corrected chi connectivity index (χ3v) is 5.28. The topological polar surface area (TPSA) is 108 Å². The number of aromatic hydroxyl groups is 1. The minimum absolute atomic E-state index is 0.0270. The molecule has 0 radical (unpaired) electrons. The molecule has 8 nitrogen and oxygen atoms in total. The standard InChI is InChI=1S/C25H32ClN3O5/c1-7-29(23(32)16(3)27-24(33)34-25(4,5)6)21(17-11-13-18(30)14-12-17)22(31)28-20-15(2)9-8-10-19(20)26/h8-14,16,21,30H,7H2,1-6H3,(H,27,33)(H,28,31). The number of nitrogens with one attached hydrogen (secondary N) is 2. The van der Waals surface area contributed by atoms with E-state index in [0.717, 1.165) is 5.56 Å². The molecule has 0 aliphatic rings. The fraction of sp³-hybridized carbons (Fsp3) is 0.400. The van der Waals surface area contributed by atoms with E-state index < -0.39 is 35.6 Å². The van der Waals surface area contributed by atoms with E-state index in [9.17, 15) is 19.5 Å². The van der Waals surface area contributed by atoms with E-state index in [4.69, 9.17) is 16.3 Å². The predicted molar refractivity (Wildman–Crippen MR) is 132 cm³/mol. The molecule has 2 unspecified atom stereocenters. The van der Waals surface area contributed by atoms with Crippen LogP contribution in [-0.4, -0.2) is 46.1 Å². The lowest BCUT2D eigenvalue weighted by molar-refractivity contribution is -0.140. The summed E-state index contributed by atoms with van der Waals surface area (Å²) in [4.78, 5) is 40.4. The Balaban J connectivity index is 2.38. The molecule has 9 heteroatoms. The number of aryl methyl sites for hydroxylation is 1. The summed E-state index contributed by atoms with van der Waals surface area (Å²) < 4.78 is 5.24. The van der Waals surface area contributed by atoms with Crippen molar-refractivity contribution in [3.05, 3.63) is 58.6 Å². The molecule has 34 heavy (non-hydrogen) atoms. The number of carbonyl (C=O) groups is 3. The number of para-hydroxylation sites is 1. The van der Waals surface area contributed by atoms with Crippen molar-refractivity contribution >= 4 is 35.2 Å². The Kier molecular flexibility index (Phi) is 8.93. The highest BCUT2D eigenvalue weighted by Crippen LogP contribution is 2.29. The van der Waals surface area contributed by atoms with Gasteiger partial charge in [0.05, 0.1) is 10.7 Å². The first-order chi connectivity index (χ1) is 15.8. The van der Waals surface area contributed by atoms with Crippen LogP contribution in [0.2, 0.25) is 5.02 Å². The summed E-state index contributed by atoms with van der Waals surface area (Å²) >= 11 is 6.29. The molecule has 0 fully saturated rings. The molecule has 2 aromatic rings. The first-order valence-electron chi connectivity index (χ1n) is 11.0. The molecule has 0 aliphatic carbocycles. The van der Waals surface area contributed by atoms with Crippen molar-refractivity contribution in [1.82, 2.24) is 10.2 Å². The van der Waals surface area contributed by atoms with Gasteiger partial charge in [0.2, 0.25) is 5.91 Å². The number of hydrogen-bond acceptors (Lipinski definition) is 5. The molecule has 0 spiro atoms. The monoisotopic (exact) mass is 489 g/mol. The van der Waals surface area contributed by atoms with Gasteiger partial charge in [0.15, 0.2) is 0 Å². The van der Waals surface area contributed by atoms with E-state index in [0.29, 0.717) is 16.3 Å². The highest BCUT2D eigenvalue weighted by Gasteiger charge is 2.34. The van der Waals surface area contributed by atoms with Crippen LogP contribution in [0.4, 0.5) is 10.5 Å². The van der Waals surface area contributed by atoms with Gasteiger partial charge >= 0.3 is 6.09 Å². The summed E-state index contributed by atoms with van der Waals surface area (Å²) in [5, 5.41) is 15.4. The molecule has 0 aromatic heterocycles. The van der Waals surface area contributed by atoms with Crippen molar-refractivity contribution in [3.8, 4) is 5.75 Å². The minimum atomic E-state index is -1.04. The van der Waals surface area contributed by atoms with Crippen LogP contribution in [0.3, 0.4) is 0 Å². The lowest BCUT2D eigenvalue weighted by atomic mass is 10.0. The van der Waals surface area contributed by atoms with Crippen molar-refractivity contribution in [2.45, 2.75) is 59.2 Å². The average Bonchev–Trinajstić information content (AvgIpc) is 2.73. The molecule has 0 saturated carbocycles. The second-order valence-corrected chi connectivity index (χ2v) is 9.31. The molecule has 0 saturated heterocycles. The molecule has 0 aliphatic heterocycles. The van der Waals surface area contributed by atoms with Gasteiger partial charge in [-0.15, -0.1) is 0 Å². The predicted octanol–water partition coefficient (Wildman–Crippen LogP) is 4.80. The maximum absolute atomic E-state index is 13.5. The van der Waals surface area contributed by atoms with Crippen LogP contribution in [0, 0.1) is 6.92 Å². The van der Waals surface area contributed by atoms with Crippen molar-refractivity contribution in [3.63, 3.8) is 0 Å². The molecule has 2 aromatic carbocycles. The molecular formula is C25H32ClN3O5. The van der Waals surface area contributed by atoms with E-state index in [1.165, 1.54) is 24.0 Å². The Bertz CT molecular complexity index is 1010. The maximum atomic E-state index is 13.5. The molecule has 0 bridgehead atoms. The number of phenolic OH excluding ortho intramolecular Hbond substituents is 1. The number of amides is 3. The van der Waals surface area contributed by atoms with Crippen LogP contribution in [0.15, 0.2) is 42.5 Å². The van der Waals surface area contributed by atoms with Crippen LogP contribution in [-0.2, 0) is 14.3 Å². The molecule has 2 atom stereocenters. The summed E-state index contributed by atoms with van der Waals surface area (Å²) in [5.41, 5.74) is 0.971. The molecular weight excluding hydrogens is 458 g/mol. The van der Waals surface area contributed by atoms with Gasteiger partial charge in [0, 0.05) is 6.54 Å². The zero-order chi connectivity index (χ0) is 25.6. The quantitative estimate of drug-likeness (QED) is 0.518. The number of carbonyl (C=O) groups excluding carboxylic acids is 3. The fourth-order valence-electron chi connectivity index (χ4n) is 3.37. The number of benzene rings is 2. The van der Waals surface area contributed by atoms with Crippen molar-refractivity contribution < 1.29 is 24.2 Å². The summed E-state index contributed by atoms with van der Waals surface area (Å²) in [6.07, 6.45) is -0.735. The second kappa shape index (κ2) is 11.2. The number of nitrogens with zero attached hydrogens (tertiary/aromatic N) is 1. The second-order valence-electron chi connectivity index (χ2n) is 8.91. The number of halogens is 1. The van der Waals surface area contributed by atoms with Crippen molar-refractivity contribution in [2.75, 3.05) is 11.9 Å². The van der Waals surface area contributed by atoms with Crippen LogP contribution < -0.4 is 10.6 Å². The Morgan fingerprint density at radius 1 is 1.12 bits per heavy atom. The highest BCUT2D eigenvalue weighted by molar-refractivity contribution is 6.34.